The molecule has 0 bridgehead atoms. The number of carbonyl (C=O) groups is 2. The van der Waals surface area contributed by atoms with Crippen LogP contribution in [0.4, 0.5) is 5.69 Å². The molecule has 2 unspecified atom stereocenters. The van der Waals surface area contributed by atoms with Gasteiger partial charge in [-0.2, -0.15) is 0 Å². The summed E-state index contributed by atoms with van der Waals surface area (Å²) in [5, 5.41) is 3.34. The fourth-order valence-electron chi connectivity index (χ4n) is 5.37. The van der Waals surface area contributed by atoms with Gasteiger partial charge in [0.25, 0.3) is 0 Å². The van der Waals surface area contributed by atoms with Crippen molar-refractivity contribution in [3.63, 3.8) is 0 Å². The third-order valence-corrected chi connectivity index (χ3v) is 7.18. The SMILES string of the molecule is CCCN1CCC(NC(=O)C2CCC(=O)N(c3ccc(C)cc3)C2c2ccccc2OC)CC1. The minimum Gasteiger partial charge on any atom is -0.496 e. The van der Waals surface area contributed by atoms with Crippen LogP contribution < -0.4 is 15.0 Å². The summed E-state index contributed by atoms with van der Waals surface area (Å²) in [5.74, 6) is 0.431. The lowest BCUT2D eigenvalue weighted by Crippen LogP contribution is -2.51. The largest absolute Gasteiger partial charge is 0.496 e. The standard InChI is InChI=1S/C28H37N3O3/c1-4-17-30-18-15-21(16-19-30)29-28(33)24-13-14-26(32)31(22-11-9-20(2)10-12-22)27(24)23-7-5-6-8-25(23)34-3/h5-12,21,24,27H,4,13-19H2,1-3H3,(H,29,33). The molecule has 2 heterocycles. The predicted molar refractivity (Wildman–Crippen MR) is 135 cm³/mol. The average Bonchev–Trinajstić information content (AvgIpc) is 2.86. The molecule has 6 heteroatoms. The van der Waals surface area contributed by atoms with E-state index in [0.29, 0.717) is 18.6 Å². The van der Waals surface area contributed by atoms with E-state index in [1.165, 1.54) is 0 Å². The van der Waals surface area contributed by atoms with Gasteiger partial charge in [-0.25, -0.2) is 0 Å². The van der Waals surface area contributed by atoms with Crippen molar-refractivity contribution in [2.45, 2.75) is 58.0 Å². The van der Waals surface area contributed by atoms with Gasteiger partial charge in [-0.3, -0.25) is 9.59 Å². The molecular formula is C28H37N3O3. The second-order valence-electron chi connectivity index (χ2n) is 9.56. The van der Waals surface area contributed by atoms with Crippen molar-refractivity contribution in [3.8, 4) is 5.75 Å². The number of likely N-dealkylation sites (tertiary alicyclic amines) is 1. The number of anilines is 1. The number of hydrogen-bond donors (Lipinski definition) is 1. The fraction of sp³-hybridized carbons (Fsp3) is 0.500. The van der Waals surface area contributed by atoms with Gasteiger partial charge in [0.1, 0.15) is 5.75 Å². The molecule has 0 aromatic heterocycles. The van der Waals surface area contributed by atoms with E-state index >= 15 is 0 Å². The van der Waals surface area contributed by atoms with E-state index in [1.807, 2.05) is 60.4 Å². The Labute approximate surface area is 203 Å². The Kier molecular flexibility index (Phi) is 7.88. The smallest absolute Gasteiger partial charge is 0.227 e. The first-order valence-electron chi connectivity index (χ1n) is 12.6. The van der Waals surface area contributed by atoms with E-state index in [-0.39, 0.29) is 23.8 Å². The predicted octanol–water partition coefficient (Wildman–Crippen LogP) is 4.48. The minimum atomic E-state index is -0.416. The molecule has 2 aromatic rings. The summed E-state index contributed by atoms with van der Waals surface area (Å²) in [7, 11) is 1.64. The number of piperidine rings is 2. The molecule has 0 saturated carbocycles. The van der Waals surface area contributed by atoms with E-state index in [1.54, 1.807) is 7.11 Å². The molecular weight excluding hydrogens is 426 g/mol. The second kappa shape index (κ2) is 11.0. The summed E-state index contributed by atoms with van der Waals surface area (Å²) in [6, 6.07) is 15.5. The van der Waals surface area contributed by atoms with Crippen molar-refractivity contribution in [3.05, 3.63) is 59.7 Å². The summed E-state index contributed by atoms with van der Waals surface area (Å²) < 4.78 is 5.67. The molecule has 0 aliphatic carbocycles. The minimum absolute atomic E-state index is 0.0365. The summed E-state index contributed by atoms with van der Waals surface area (Å²) >= 11 is 0. The highest BCUT2D eigenvalue weighted by atomic mass is 16.5. The van der Waals surface area contributed by atoms with Crippen LogP contribution in [0.1, 0.15) is 56.2 Å². The van der Waals surface area contributed by atoms with Crippen LogP contribution in [-0.2, 0) is 9.59 Å². The Balaban J connectivity index is 1.63. The van der Waals surface area contributed by atoms with Crippen LogP contribution in [0.2, 0.25) is 0 Å². The van der Waals surface area contributed by atoms with Crippen molar-refractivity contribution in [2.24, 2.45) is 5.92 Å². The number of amides is 2. The maximum atomic E-state index is 13.7. The van der Waals surface area contributed by atoms with Crippen LogP contribution in [-0.4, -0.2) is 49.5 Å². The van der Waals surface area contributed by atoms with Gasteiger partial charge >= 0.3 is 0 Å². The van der Waals surface area contributed by atoms with Gasteiger partial charge in [-0.05, 0) is 57.4 Å². The zero-order valence-corrected chi connectivity index (χ0v) is 20.6. The zero-order valence-electron chi connectivity index (χ0n) is 20.6. The summed E-state index contributed by atoms with van der Waals surface area (Å²) in [5.41, 5.74) is 2.82. The first kappa shape index (κ1) is 24.3. The lowest BCUT2D eigenvalue weighted by atomic mass is 9.82. The molecule has 34 heavy (non-hydrogen) atoms. The Morgan fingerprint density at radius 2 is 1.76 bits per heavy atom. The lowest BCUT2D eigenvalue weighted by molar-refractivity contribution is -0.130. The van der Waals surface area contributed by atoms with E-state index in [4.69, 9.17) is 4.74 Å². The Bertz CT molecular complexity index is 983. The highest BCUT2D eigenvalue weighted by Crippen LogP contribution is 2.43. The van der Waals surface area contributed by atoms with Gasteiger partial charge in [-0.1, -0.05) is 42.8 Å². The van der Waals surface area contributed by atoms with Gasteiger partial charge < -0.3 is 19.9 Å². The molecule has 6 nitrogen and oxygen atoms in total. The number of methoxy groups -OCH3 is 1. The number of carbonyl (C=O) groups excluding carboxylic acids is 2. The van der Waals surface area contributed by atoms with Crippen molar-refractivity contribution < 1.29 is 14.3 Å². The van der Waals surface area contributed by atoms with Gasteiger partial charge in [-0.15, -0.1) is 0 Å². The fourth-order valence-corrected chi connectivity index (χ4v) is 5.37. The van der Waals surface area contributed by atoms with Crippen LogP contribution in [0.3, 0.4) is 0 Å². The Morgan fingerprint density at radius 3 is 2.44 bits per heavy atom. The lowest BCUT2D eigenvalue weighted by Gasteiger charge is -2.42. The number of benzene rings is 2. The second-order valence-corrected chi connectivity index (χ2v) is 9.56. The van der Waals surface area contributed by atoms with Crippen molar-refractivity contribution in [1.29, 1.82) is 0 Å². The van der Waals surface area contributed by atoms with Crippen LogP contribution in [0.15, 0.2) is 48.5 Å². The molecule has 2 aliphatic rings. The van der Waals surface area contributed by atoms with Crippen LogP contribution in [0.25, 0.3) is 0 Å². The number of hydrogen-bond acceptors (Lipinski definition) is 4. The van der Waals surface area contributed by atoms with Crippen LogP contribution >= 0.6 is 0 Å². The molecule has 2 saturated heterocycles. The molecule has 0 radical (unpaired) electrons. The number of nitrogens with one attached hydrogen (secondary N) is 1. The summed E-state index contributed by atoms with van der Waals surface area (Å²) in [6.45, 7) is 7.39. The van der Waals surface area contributed by atoms with Crippen LogP contribution in [0, 0.1) is 12.8 Å². The third-order valence-electron chi connectivity index (χ3n) is 7.18. The van der Waals surface area contributed by atoms with Crippen LogP contribution in [0.5, 0.6) is 5.75 Å². The van der Waals surface area contributed by atoms with Gasteiger partial charge in [0.15, 0.2) is 0 Å². The van der Waals surface area contributed by atoms with E-state index in [9.17, 15) is 9.59 Å². The van der Waals surface area contributed by atoms with E-state index in [2.05, 4.69) is 17.1 Å². The number of aryl methyl sites for hydroxylation is 1. The number of nitrogens with zero attached hydrogens (tertiary/aromatic N) is 2. The highest BCUT2D eigenvalue weighted by Gasteiger charge is 2.43. The molecule has 0 spiro atoms. The maximum Gasteiger partial charge on any atom is 0.227 e. The molecule has 2 aromatic carbocycles. The van der Waals surface area contributed by atoms with Gasteiger partial charge in [0.2, 0.25) is 11.8 Å². The quantitative estimate of drug-likeness (QED) is 0.658. The third kappa shape index (κ3) is 5.27. The molecule has 2 atom stereocenters. The van der Waals surface area contributed by atoms with E-state index in [0.717, 1.165) is 55.7 Å². The first-order valence-corrected chi connectivity index (χ1v) is 12.6. The molecule has 4 rings (SSSR count). The topological polar surface area (TPSA) is 61.9 Å². The van der Waals surface area contributed by atoms with E-state index < -0.39 is 6.04 Å². The summed E-state index contributed by atoms with van der Waals surface area (Å²) in [4.78, 5) is 31.2. The molecule has 2 aliphatic heterocycles. The number of ether oxygens (including phenoxy) is 1. The van der Waals surface area contributed by atoms with Gasteiger partial charge in [0, 0.05) is 36.8 Å². The molecule has 2 fully saturated rings. The average molecular weight is 464 g/mol. The Morgan fingerprint density at radius 1 is 1.06 bits per heavy atom. The van der Waals surface area contributed by atoms with Crippen molar-refractivity contribution >= 4 is 17.5 Å². The monoisotopic (exact) mass is 463 g/mol. The molecule has 1 N–H and O–H groups in total. The zero-order chi connectivity index (χ0) is 24.1. The maximum absolute atomic E-state index is 13.7. The highest BCUT2D eigenvalue weighted by molar-refractivity contribution is 5.97. The number of rotatable bonds is 7. The molecule has 2 amide bonds. The molecule has 182 valence electrons. The van der Waals surface area contributed by atoms with Crippen molar-refractivity contribution in [1.82, 2.24) is 10.2 Å². The first-order chi connectivity index (χ1) is 16.5. The summed E-state index contributed by atoms with van der Waals surface area (Å²) in [6.07, 6.45) is 3.98. The number of para-hydroxylation sites is 1. The Hall–Kier alpha value is -2.86. The normalized spacial score (nSPS) is 22.0. The van der Waals surface area contributed by atoms with Crippen molar-refractivity contribution in [2.75, 3.05) is 31.6 Å². The van der Waals surface area contributed by atoms with Gasteiger partial charge in [0.05, 0.1) is 19.1 Å².